The van der Waals surface area contributed by atoms with Gasteiger partial charge in [-0.05, 0) is 31.0 Å². The molecule has 2 aromatic rings. The molecule has 1 aromatic heterocycles. The van der Waals surface area contributed by atoms with Gasteiger partial charge in [0.05, 0.1) is 19.4 Å². The topological polar surface area (TPSA) is 34.4 Å². The number of fused-ring (bicyclic) bond motifs is 1. The number of nitrogens with one attached hydrogen (secondary N) is 1. The molecule has 0 bridgehead atoms. The third-order valence-corrected chi connectivity index (χ3v) is 3.96. The van der Waals surface area contributed by atoms with Gasteiger partial charge in [0.2, 0.25) is 0 Å². The number of benzene rings is 1. The van der Waals surface area contributed by atoms with Crippen LogP contribution in [0, 0.1) is 0 Å². The molecule has 1 aromatic carbocycles. The standard InChI is InChI=1S/C15H16BrNO2/c1-18-12-8-10(16)7-11(9-12)17-14-3-2-4-15-13(14)5-6-19-15/h5-9,14,17H,2-4H2,1H3. The summed E-state index contributed by atoms with van der Waals surface area (Å²) in [5, 5.41) is 3.57. The summed E-state index contributed by atoms with van der Waals surface area (Å²) in [6, 6.07) is 8.42. The van der Waals surface area contributed by atoms with E-state index in [-0.39, 0.29) is 0 Å². The summed E-state index contributed by atoms with van der Waals surface area (Å²) in [6.07, 6.45) is 5.11. The highest BCUT2D eigenvalue weighted by atomic mass is 79.9. The van der Waals surface area contributed by atoms with Crippen molar-refractivity contribution < 1.29 is 9.15 Å². The first-order chi connectivity index (χ1) is 9.26. The lowest BCUT2D eigenvalue weighted by molar-refractivity contribution is 0.414. The van der Waals surface area contributed by atoms with E-state index in [0.29, 0.717) is 6.04 Å². The maximum Gasteiger partial charge on any atom is 0.122 e. The van der Waals surface area contributed by atoms with Crippen molar-refractivity contribution in [3.05, 3.63) is 46.3 Å². The van der Waals surface area contributed by atoms with Crippen LogP contribution in [0.4, 0.5) is 5.69 Å². The van der Waals surface area contributed by atoms with Crippen LogP contribution < -0.4 is 10.1 Å². The summed E-state index contributed by atoms with van der Waals surface area (Å²) >= 11 is 3.50. The molecule has 19 heavy (non-hydrogen) atoms. The number of anilines is 1. The SMILES string of the molecule is COc1cc(Br)cc(NC2CCCc3occc32)c1. The number of halogens is 1. The second-order valence-corrected chi connectivity index (χ2v) is 5.68. The fraction of sp³-hybridized carbons (Fsp3) is 0.333. The number of ether oxygens (including phenoxy) is 1. The Morgan fingerprint density at radius 1 is 1.37 bits per heavy atom. The number of aryl methyl sites for hydroxylation is 1. The Balaban J connectivity index is 1.85. The van der Waals surface area contributed by atoms with E-state index in [1.165, 1.54) is 5.56 Å². The molecular weight excluding hydrogens is 306 g/mol. The van der Waals surface area contributed by atoms with Crippen molar-refractivity contribution >= 4 is 21.6 Å². The van der Waals surface area contributed by atoms with E-state index in [4.69, 9.17) is 9.15 Å². The largest absolute Gasteiger partial charge is 0.497 e. The summed E-state index contributed by atoms with van der Waals surface area (Å²) in [4.78, 5) is 0. The quantitative estimate of drug-likeness (QED) is 0.901. The van der Waals surface area contributed by atoms with E-state index in [2.05, 4.69) is 33.4 Å². The molecule has 1 N–H and O–H groups in total. The molecule has 0 amide bonds. The van der Waals surface area contributed by atoms with Gasteiger partial charge in [0.1, 0.15) is 11.5 Å². The van der Waals surface area contributed by atoms with Crippen LogP contribution in [0.5, 0.6) is 5.75 Å². The molecule has 4 heteroatoms. The van der Waals surface area contributed by atoms with Crippen LogP contribution in [0.2, 0.25) is 0 Å². The summed E-state index contributed by atoms with van der Waals surface area (Å²) in [5.41, 5.74) is 2.34. The Morgan fingerprint density at radius 3 is 3.11 bits per heavy atom. The highest BCUT2D eigenvalue weighted by molar-refractivity contribution is 9.10. The van der Waals surface area contributed by atoms with Crippen LogP contribution >= 0.6 is 15.9 Å². The van der Waals surface area contributed by atoms with Crippen molar-refractivity contribution in [3.8, 4) is 5.75 Å². The van der Waals surface area contributed by atoms with E-state index in [0.717, 1.165) is 40.9 Å². The van der Waals surface area contributed by atoms with Crippen molar-refractivity contribution in [1.29, 1.82) is 0 Å². The Labute approximate surface area is 121 Å². The van der Waals surface area contributed by atoms with Crippen LogP contribution in [-0.4, -0.2) is 7.11 Å². The second-order valence-electron chi connectivity index (χ2n) is 4.77. The molecule has 1 heterocycles. The number of hydrogen-bond acceptors (Lipinski definition) is 3. The summed E-state index contributed by atoms with van der Waals surface area (Å²) < 4.78 is 11.8. The molecule has 0 aliphatic heterocycles. The zero-order valence-electron chi connectivity index (χ0n) is 10.8. The third-order valence-electron chi connectivity index (χ3n) is 3.50. The van der Waals surface area contributed by atoms with Crippen molar-refractivity contribution in [3.63, 3.8) is 0 Å². The fourth-order valence-electron chi connectivity index (χ4n) is 2.60. The normalized spacial score (nSPS) is 17.9. The minimum absolute atomic E-state index is 0.321. The van der Waals surface area contributed by atoms with Crippen LogP contribution in [0.25, 0.3) is 0 Å². The molecule has 0 saturated heterocycles. The first kappa shape index (κ1) is 12.6. The Hall–Kier alpha value is -1.42. The lowest BCUT2D eigenvalue weighted by Gasteiger charge is -2.24. The van der Waals surface area contributed by atoms with Gasteiger partial charge in [0, 0.05) is 28.2 Å². The molecule has 0 radical (unpaired) electrons. The van der Waals surface area contributed by atoms with Gasteiger partial charge in [-0.15, -0.1) is 0 Å². The number of hydrogen-bond donors (Lipinski definition) is 1. The second kappa shape index (κ2) is 5.29. The molecule has 100 valence electrons. The van der Waals surface area contributed by atoms with Gasteiger partial charge < -0.3 is 14.5 Å². The van der Waals surface area contributed by atoms with Crippen molar-refractivity contribution in [2.45, 2.75) is 25.3 Å². The lowest BCUT2D eigenvalue weighted by atomic mass is 9.93. The zero-order valence-corrected chi connectivity index (χ0v) is 12.4. The first-order valence-corrected chi connectivity index (χ1v) is 7.23. The minimum atomic E-state index is 0.321. The number of furan rings is 1. The average molecular weight is 322 g/mol. The van der Waals surface area contributed by atoms with E-state index in [1.54, 1.807) is 13.4 Å². The van der Waals surface area contributed by atoms with Gasteiger partial charge in [0.25, 0.3) is 0 Å². The van der Waals surface area contributed by atoms with Gasteiger partial charge in [-0.1, -0.05) is 15.9 Å². The Bertz CT molecular complexity index is 579. The molecule has 3 nitrogen and oxygen atoms in total. The lowest BCUT2D eigenvalue weighted by Crippen LogP contribution is -2.15. The molecular formula is C15H16BrNO2. The zero-order chi connectivity index (χ0) is 13.2. The number of rotatable bonds is 3. The maximum absolute atomic E-state index is 5.52. The summed E-state index contributed by atoms with van der Waals surface area (Å²) in [7, 11) is 1.68. The molecule has 3 rings (SSSR count). The maximum atomic E-state index is 5.52. The van der Waals surface area contributed by atoms with Crippen LogP contribution in [-0.2, 0) is 6.42 Å². The third kappa shape index (κ3) is 2.63. The van der Waals surface area contributed by atoms with Crippen LogP contribution in [0.3, 0.4) is 0 Å². The van der Waals surface area contributed by atoms with Crippen molar-refractivity contribution in [2.75, 3.05) is 12.4 Å². The van der Waals surface area contributed by atoms with Gasteiger partial charge in [0.15, 0.2) is 0 Å². The fourth-order valence-corrected chi connectivity index (χ4v) is 3.07. The Kier molecular flexibility index (Phi) is 3.51. The first-order valence-electron chi connectivity index (χ1n) is 6.43. The highest BCUT2D eigenvalue weighted by Crippen LogP contribution is 2.34. The van der Waals surface area contributed by atoms with Gasteiger partial charge in [-0.25, -0.2) is 0 Å². The van der Waals surface area contributed by atoms with E-state index >= 15 is 0 Å². The Morgan fingerprint density at radius 2 is 2.26 bits per heavy atom. The van der Waals surface area contributed by atoms with Crippen LogP contribution in [0.15, 0.2) is 39.4 Å². The summed E-state index contributed by atoms with van der Waals surface area (Å²) in [5.74, 6) is 1.96. The van der Waals surface area contributed by atoms with E-state index < -0.39 is 0 Å². The predicted octanol–water partition coefficient (Wildman–Crippen LogP) is 4.54. The molecule has 1 atom stereocenters. The van der Waals surface area contributed by atoms with Crippen molar-refractivity contribution in [2.24, 2.45) is 0 Å². The highest BCUT2D eigenvalue weighted by Gasteiger charge is 2.22. The molecule has 1 aliphatic rings. The molecule has 0 spiro atoms. The van der Waals surface area contributed by atoms with Gasteiger partial charge in [-0.3, -0.25) is 0 Å². The number of methoxy groups -OCH3 is 1. The van der Waals surface area contributed by atoms with Gasteiger partial charge >= 0.3 is 0 Å². The molecule has 1 aliphatic carbocycles. The van der Waals surface area contributed by atoms with Gasteiger partial charge in [-0.2, -0.15) is 0 Å². The predicted molar refractivity (Wildman–Crippen MR) is 78.7 cm³/mol. The smallest absolute Gasteiger partial charge is 0.122 e. The minimum Gasteiger partial charge on any atom is -0.497 e. The summed E-state index contributed by atoms with van der Waals surface area (Å²) in [6.45, 7) is 0. The molecule has 0 saturated carbocycles. The molecule has 0 fully saturated rings. The van der Waals surface area contributed by atoms with E-state index in [9.17, 15) is 0 Å². The average Bonchev–Trinajstić information content (AvgIpc) is 2.87. The van der Waals surface area contributed by atoms with Crippen LogP contribution in [0.1, 0.15) is 30.2 Å². The monoisotopic (exact) mass is 321 g/mol. The molecule has 1 unspecified atom stereocenters. The van der Waals surface area contributed by atoms with E-state index in [1.807, 2.05) is 12.1 Å². The van der Waals surface area contributed by atoms with Crippen molar-refractivity contribution in [1.82, 2.24) is 0 Å².